The summed E-state index contributed by atoms with van der Waals surface area (Å²) in [7, 11) is 0. The van der Waals surface area contributed by atoms with Crippen LogP contribution in [0.25, 0.3) is 11.4 Å². The number of β-amino-alcohol motifs (C(OH)–C–C–N with tert-alkyl or cyclic N) is 1. The minimum Gasteiger partial charge on any atom is -0.392 e. The Morgan fingerprint density at radius 1 is 1.09 bits per heavy atom. The van der Waals surface area contributed by atoms with Crippen molar-refractivity contribution in [2.75, 3.05) is 37.6 Å². The highest BCUT2D eigenvalue weighted by Crippen LogP contribution is 2.19. The molecule has 0 amide bonds. The summed E-state index contributed by atoms with van der Waals surface area (Å²) >= 11 is 0. The van der Waals surface area contributed by atoms with E-state index in [0.29, 0.717) is 0 Å². The zero-order valence-electron chi connectivity index (χ0n) is 12.9. The number of aliphatic hydroxyl groups excluding tert-OH is 1. The van der Waals surface area contributed by atoms with Crippen LogP contribution in [-0.2, 0) is 0 Å². The Labute approximate surface area is 131 Å². The van der Waals surface area contributed by atoms with Crippen LogP contribution in [0, 0.1) is 0 Å². The molecule has 2 heterocycles. The van der Waals surface area contributed by atoms with Gasteiger partial charge in [0.2, 0.25) is 0 Å². The average Bonchev–Trinajstić information content (AvgIpc) is 2.56. The molecule has 1 N–H and O–H groups in total. The van der Waals surface area contributed by atoms with Crippen molar-refractivity contribution in [3.05, 3.63) is 42.6 Å². The van der Waals surface area contributed by atoms with E-state index in [2.05, 4.69) is 14.8 Å². The zero-order chi connectivity index (χ0) is 15.4. The lowest BCUT2D eigenvalue weighted by Gasteiger charge is -2.35. The summed E-state index contributed by atoms with van der Waals surface area (Å²) in [5, 5.41) is 9.47. The van der Waals surface area contributed by atoms with Crippen molar-refractivity contribution in [1.82, 2.24) is 14.9 Å². The van der Waals surface area contributed by atoms with Gasteiger partial charge in [-0.25, -0.2) is 9.97 Å². The molecule has 22 heavy (non-hydrogen) atoms. The number of aromatic nitrogens is 2. The molecule has 1 unspecified atom stereocenters. The van der Waals surface area contributed by atoms with E-state index in [-0.39, 0.29) is 6.10 Å². The molecule has 1 aromatic heterocycles. The Kier molecular flexibility index (Phi) is 4.65. The normalized spacial score (nSPS) is 17.5. The topological polar surface area (TPSA) is 52.5 Å². The third-order valence-electron chi connectivity index (χ3n) is 3.89. The van der Waals surface area contributed by atoms with Crippen LogP contribution in [0.4, 0.5) is 5.82 Å². The third-order valence-corrected chi connectivity index (χ3v) is 3.89. The summed E-state index contributed by atoms with van der Waals surface area (Å²) in [4.78, 5) is 13.7. The smallest absolute Gasteiger partial charge is 0.161 e. The largest absolute Gasteiger partial charge is 0.392 e. The molecule has 1 atom stereocenters. The van der Waals surface area contributed by atoms with Gasteiger partial charge in [0.1, 0.15) is 5.82 Å². The summed E-state index contributed by atoms with van der Waals surface area (Å²) < 4.78 is 0. The summed E-state index contributed by atoms with van der Waals surface area (Å²) in [6.45, 7) is 6.34. The molecule has 1 fully saturated rings. The van der Waals surface area contributed by atoms with Crippen LogP contribution in [0.1, 0.15) is 6.92 Å². The zero-order valence-corrected chi connectivity index (χ0v) is 12.9. The predicted octanol–water partition coefficient (Wildman–Crippen LogP) is 1.65. The van der Waals surface area contributed by atoms with E-state index >= 15 is 0 Å². The molecule has 3 rings (SSSR count). The van der Waals surface area contributed by atoms with Crippen molar-refractivity contribution in [2.24, 2.45) is 0 Å². The lowest BCUT2D eigenvalue weighted by atomic mass is 10.2. The predicted molar refractivity (Wildman–Crippen MR) is 87.8 cm³/mol. The fraction of sp³-hybridized carbons (Fsp3) is 0.412. The van der Waals surface area contributed by atoms with Crippen LogP contribution >= 0.6 is 0 Å². The molecule has 0 bridgehead atoms. The minimum atomic E-state index is -0.268. The SMILES string of the molecule is CC(O)CN1CCN(c2ccnc(-c3ccccc3)n2)CC1. The van der Waals surface area contributed by atoms with Crippen LogP contribution in [0.5, 0.6) is 0 Å². The maximum absolute atomic E-state index is 9.47. The summed E-state index contributed by atoms with van der Waals surface area (Å²) in [5.41, 5.74) is 1.04. The Morgan fingerprint density at radius 3 is 2.50 bits per heavy atom. The highest BCUT2D eigenvalue weighted by atomic mass is 16.3. The number of aliphatic hydroxyl groups is 1. The Bertz CT molecular complexity index is 595. The molecule has 1 aromatic carbocycles. The average molecular weight is 298 g/mol. The monoisotopic (exact) mass is 298 g/mol. The summed E-state index contributed by atoms with van der Waals surface area (Å²) in [5.74, 6) is 1.75. The molecular weight excluding hydrogens is 276 g/mol. The second-order valence-electron chi connectivity index (χ2n) is 5.74. The number of rotatable bonds is 4. The van der Waals surface area contributed by atoms with Gasteiger partial charge < -0.3 is 10.0 Å². The number of anilines is 1. The molecular formula is C17H22N4O. The van der Waals surface area contributed by atoms with E-state index in [1.807, 2.05) is 49.5 Å². The second-order valence-corrected chi connectivity index (χ2v) is 5.74. The third kappa shape index (κ3) is 3.61. The lowest BCUT2D eigenvalue weighted by molar-refractivity contribution is 0.122. The lowest BCUT2D eigenvalue weighted by Crippen LogP contribution is -2.48. The number of hydrogen-bond acceptors (Lipinski definition) is 5. The highest BCUT2D eigenvalue weighted by Gasteiger charge is 2.19. The molecule has 2 aromatic rings. The van der Waals surface area contributed by atoms with E-state index < -0.39 is 0 Å². The molecule has 0 spiro atoms. The number of piperazine rings is 1. The quantitative estimate of drug-likeness (QED) is 0.930. The van der Waals surface area contributed by atoms with Gasteiger partial charge in [-0.2, -0.15) is 0 Å². The molecule has 5 heteroatoms. The molecule has 0 saturated carbocycles. The van der Waals surface area contributed by atoms with Gasteiger partial charge in [-0.05, 0) is 13.0 Å². The van der Waals surface area contributed by atoms with Crippen molar-refractivity contribution in [3.8, 4) is 11.4 Å². The van der Waals surface area contributed by atoms with Gasteiger partial charge in [0.15, 0.2) is 5.82 Å². The maximum atomic E-state index is 9.47. The fourth-order valence-corrected chi connectivity index (χ4v) is 2.78. The van der Waals surface area contributed by atoms with Crippen LogP contribution in [0.2, 0.25) is 0 Å². The maximum Gasteiger partial charge on any atom is 0.161 e. The van der Waals surface area contributed by atoms with Gasteiger partial charge in [-0.3, -0.25) is 4.90 Å². The molecule has 1 aliphatic rings. The van der Waals surface area contributed by atoms with Crippen molar-refractivity contribution in [1.29, 1.82) is 0 Å². The van der Waals surface area contributed by atoms with E-state index in [9.17, 15) is 5.11 Å². The van der Waals surface area contributed by atoms with Gasteiger partial charge in [-0.15, -0.1) is 0 Å². The molecule has 116 valence electrons. The molecule has 0 radical (unpaired) electrons. The Hall–Kier alpha value is -1.98. The first-order valence-electron chi connectivity index (χ1n) is 7.76. The molecule has 1 saturated heterocycles. The van der Waals surface area contributed by atoms with E-state index in [0.717, 1.165) is 49.9 Å². The second kappa shape index (κ2) is 6.85. The molecule has 5 nitrogen and oxygen atoms in total. The van der Waals surface area contributed by atoms with Crippen molar-refractivity contribution < 1.29 is 5.11 Å². The van der Waals surface area contributed by atoms with Crippen molar-refractivity contribution in [3.63, 3.8) is 0 Å². The Morgan fingerprint density at radius 2 is 1.82 bits per heavy atom. The summed E-state index contributed by atoms with van der Waals surface area (Å²) in [6.07, 6.45) is 1.56. The van der Waals surface area contributed by atoms with Gasteiger partial charge in [0.05, 0.1) is 6.10 Å². The Balaban J connectivity index is 1.69. The standard InChI is InChI=1S/C17H22N4O/c1-14(22)13-20-9-11-21(12-10-20)16-7-8-18-17(19-16)15-5-3-2-4-6-15/h2-8,14,22H,9-13H2,1H3. The van der Waals surface area contributed by atoms with Crippen LogP contribution in [-0.4, -0.2) is 58.8 Å². The van der Waals surface area contributed by atoms with Crippen LogP contribution < -0.4 is 4.90 Å². The first kappa shape index (κ1) is 14.9. The van der Waals surface area contributed by atoms with Crippen LogP contribution in [0.15, 0.2) is 42.6 Å². The fourth-order valence-electron chi connectivity index (χ4n) is 2.78. The number of hydrogen-bond donors (Lipinski definition) is 1. The van der Waals surface area contributed by atoms with Gasteiger partial charge in [0, 0.05) is 44.5 Å². The number of benzene rings is 1. The van der Waals surface area contributed by atoms with Gasteiger partial charge in [-0.1, -0.05) is 30.3 Å². The molecule has 1 aliphatic heterocycles. The highest BCUT2D eigenvalue weighted by molar-refractivity contribution is 5.57. The molecule has 0 aliphatic carbocycles. The van der Waals surface area contributed by atoms with E-state index in [1.165, 1.54) is 0 Å². The van der Waals surface area contributed by atoms with Crippen molar-refractivity contribution in [2.45, 2.75) is 13.0 Å². The van der Waals surface area contributed by atoms with Gasteiger partial charge in [0.25, 0.3) is 0 Å². The van der Waals surface area contributed by atoms with Crippen molar-refractivity contribution >= 4 is 5.82 Å². The van der Waals surface area contributed by atoms with Crippen LogP contribution in [0.3, 0.4) is 0 Å². The first-order valence-corrected chi connectivity index (χ1v) is 7.76. The van der Waals surface area contributed by atoms with E-state index in [1.54, 1.807) is 0 Å². The number of nitrogens with zero attached hydrogens (tertiary/aromatic N) is 4. The summed E-state index contributed by atoms with van der Waals surface area (Å²) in [6, 6.07) is 12.0. The minimum absolute atomic E-state index is 0.268. The van der Waals surface area contributed by atoms with E-state index in [4.69, 9.17) is 4.98 Å². The van der Waals surface area contributed by atoms with Gasteiger partial charge >= 0.3 is 0 Å². The first-order chi connectivity index (χ1) is 10.7.